The predicted molar refractivity (Wildman–Crippen MR) is 66.9 cm³/mol. The number of hydrogen-bond acceptors (Lipinski definition) is 4. The van der Waals surface area contributed by atoms with Gasteiger partial charge in [0.2, 0.25) is 5.83 Å². The molecule has 4 nitrogen and oxygen atoms in total. The zero-order valence-corrected chi connectivity index (χ0v) is 12.0. The van der Waals surface area contributed by atoms with E-state index < -0.39 is 23.2 Å². The van der Waals surface area contributed by atoms with Gasteiger partial charge in [-0.25, -0.2) is 4.79 Å². The lowest BCUT2D eigenvalue weighted by Gasteiger charge is -2.16. The van der Waals surface area contributed by atoms with Crippen molar-refractivity contribution in [1.82, 2.24) is 0 Å². The number of rotatable bonds is 6. The molecule has 0 spiro atoms. The first kappa shape index (κ1) is 15.1. The number of carbonyl (C=O) groups excluding carboxylic acids is 2. The molecule has 0 N–H and O–H groups in total. The maximum absolute atomic E-state index is 14.0. The highest BCUT2D eigenvalue weighted by Gasteiger charge is 2.55. The van der Waals surface area contributed by atoms with Gasteiger partial charge >= 0.3 is 11.9 Å². The molecule has 0 unspecified atom stereocenters. The minimum absolute atomic E-state index is 0.0915. The van der Waals surface area contributed by atoms with E-state index in [4.69, 9.17) is 4.74 Å². The first-order valence-corrected chi connectivity index (χ1v) is 6.95. The quantitative estimate of drug-likeness (QED) is 0.428. The average molecular weight is 323 g/mol. The second kappa shape index (κ2) is 6.31. The van der Waals surface area contributed by atoms with E-state index in [-0.39, 0.29) is 24.1 Å². The van der Waals surface area contributed by atoms with Gasteiger partial charge in [-0.15, -0.1) is 0 Å². The molecule has 0 aliphatic heterocycles. The van der Waals surface area contributed by atoms with Crippen LogP contribution in [0.5, 0.6) is 0 Å². The molecule has 6 heteroatoms. The Labute approximate surface area is 114 Å². The number of ether oxygens (including phenoxy) is 2. The number of esters is 2. The highest BCUT2D eigenvalue weighted by Crippen LogP contribution is 2.54. The van der Waals surface area contributed by atoms with Gasteiger partial charge in [0.1, 0.15) is 0 Å². The average Bonchev–Trinajstić information content (AvgIpc) is 3.12. The summed E-state index contributed by atoms with van der Waals surface area (Å²) in [7, 11) is 0. The van der Waals surface area contributed by atoms with Gasteiger partial charge in [-0.2, -0.15) is 4.39 Å². The third-order valence-corrected chi connectivity index (χ3v) is 3.41. The zero-order chi connectivity index (χ0) is 13.8. The zero-order valence-electron chi connectivity index (χ0n) is 10.4. The van der Waals surface area contributed by atoms with Crippen LogP contribution in [0.25, 0.3) is 0 Å². The summed E-state index contributed by atoms with van der Waals surface area (Å²) in [6.07, 6.45) is 0.999. The van der Waals surface area contributed by atoms with Crippen LogP contribution in [0.15, 0.2) is 11.4 Å². The van der Waals surface area contributed by atoms with Crippen LogP contribution in [0.4, 0.5) is 4.39 Å². The Balaban J connectivity index is 2.99. The van der Waals surface area contributed by atoms with E-state index in [1.54, 1.807) is 13.8 Å². The first-order chi connectivity index (χ1) is 8.53. The molecule has 0 saturated heterocycles. The molecule has 1 fully saturated rings. The van der Waals surface area contributed by atoms with E-state index in [1.165, 1.54) is 0 Å². The van der Waals surface area contributed by atoms with E-state index in [1.807, 2.05) is 0 Å². The maximum atomic E-state index is 14.0. The smallest absolute Gasteiger partial charge is 0.367 e. The topological polar surface area (TPSA) is 52.6 Å². The molecule has 0 amide bonds. The lowest BCUT2D eigenvalue weighted by Crippen LogP contribution is -2.24. The summed E-state index contributed by atoms with van der Waals surface area (Å²) < 4.78 is 23.5. The molecular formula is C12H16BrFO4. The Morgan fingerprint density at radius 3 is 2.17 bits per heavy atom. The van der Waals surface area contributed by atoms with Gasteiger partial charge in [0.25, 0.3) is 0 Å². The largest absolute Gasteiger partial charge is 0.465 e. The van der Waals surface area contributed by atoms with Gasteiger partial charge in [0, 0.05) is 10.9 Å². The summed E-state index contributed by atoms with van der Waals surface area (Å²) in [4.78, 5) is 23.2. The molecule has 1 saturated carbocycles. The second-order valence-corrected chi connectivity index (χ2v) is 4.51. The van der Waals surface area contributed by atoms with Crippen molar-refractivity contribution < 1.29 is 23.5 Å². The minimum atomic E-state index is -1.03. The number of alkyl halides is 1. The van der Waals surface area contributed by atoms with Crippen LogP contribution in [0.2, 0.25) is 0 Å². The standard InChI is InChI=1S/C12H16BrFO4/c1-3-17-10(15)9(14)8(7-13)12(5-6-12)11(16)18-4-2/h3-7H2,1-2H3. The van der Waals surface area contributed by atoms with Gasteiger partial charge in [-0.1, -0.05) is 15.9 Å². The van der Waals surface area contributed by atoms with Gasteiger partial charge < -0.3 is 9.47 Å². The molecule has 1 rings (SSSR count). The lowest BCUT2D eigenvalue weighted by atomic mass is 9.96. The van der Waals surface area contributed by atoms with E-state index >= 15 is 0 Å². The van der Waals surface area contributed by atoms with E-state index in [0.29, 0.717) is 12.8 Å². The third-order valence-electron chi connectivity index (χ3n) is 2.85. The van der Waals surface area contributed by atoms with Gasteiger partial charge in [0.15, 0.2) is 0 Å². The molecule has 0 atom stereocenters. The molecule has 0 heterocycles. The van der Waals surface area contributed by atoms with E-state index in [0.717, 1.165) is 0 Å². The summed E-state index contributed by atoms with van der Waals surface area (Å²) in [5.74, 6) is -2.49. The Hall–Kier alpha value is -0.910. The molecule has 0 aromatic heterocycles. The maximum Gasteiger partial charge on any atom is 0.367 e. The molecular weight excluding hydrogens is 307 g/mol. The summed E-state index contributed by atoms with van der Waals surface area (Å²) in [6.45, 7) is 3.61. The van der Waals surface area contributed by atoms with Crippen LogP contribution in [0.1, 0.15) is 26.7 Å². The molecule has 0 bridgehead atoms. The fraction of sp³-hybridized carbons (Fsp3) is 0.667. The fourth-order valence-electron chi connectivity index (χ4n) is 1.74. The van der Waals surface area contributed by atoms with E-state index in [2.05, 4.69) is 20.7 Å². The summed E-state index contributed by atoms with van der Waals surface area (Å²) in [5.41, 5.74) is -0.851. The summed E-state index contributed by atoms with van der Waals surface area (Å²) >= 11 is 3.12. The van der Waals surface area contributed by atoms with Crippen LogP contribution < -0.4 is 0 Å². The van der Waals surface area contributed by atoms with Crippen LogP contribution in [0, 0.1) is 5.41 Å². The molecule has 1 aliphatic carbocycles. The van der Waals surface area contributed by atoms with Crippen molar-refractivity contribution in [2.75, 3.05) is 18.5 Å². The van der Waals surface area contributed by atoms with Crippen molar-refractivity contribution in [1.29, 1.82) is 0 Å². The van der Waals surface area contributed by atoms with Crippen LogP contribution >= 0.6 is 15.9 Å². The van der Waals surface area contributed by atoms with Crippen molar-refractivity contribution in [3.63, 3.8) is 0 Å². The number of halogens is 2. The molecule has 102 valence electrons. The molecule has 18 heavy (non-hydrogen) atoms. The Morgan fingerprint density at radius 1 is 1.22 bits per heavy atom. The van der Waals surface area contributed by atoms with Crippen LogP contribution in [-0.4, -0.2) is 30.5 Å². The highest BCUT2D eigenvalue weighted by atomic mass is 79.9. The van der Waals surface area contributed by atoms with Crippen molar-refractivity contribution in [3.05, 3.63) is 11.4 Å². The minimum Gasteiger partial charge on any atom is -0.465 e. The molecule has 0 radical (unpaired) electrons. The number of carbonyl (C=O) groups is 2. The van der Waals surface area contributed by atoms with Crippen LogP contribution in [-0.2, 0) is 19.1 Å². The van der Waals surface area contributed by atoms with Crippen molar-refractivity contribution >= 4 is 27.9 Å². The van der Waals surface area contributed by atoms with Crippen LogP contribution in [0.3, 0.4) is 0 Å². The predicted octanol–water partition coefficient (Wildman–Crippen LogP) is 2.51. The molecule has 0 aromatic carbocycles. The Bertz CT molecular complexity index is 374. The highest BCUT2D eigenvalue weighted by molar-refractivity contribution is 9.09. The van der Waals surface area contributed by atoms with Crippen molar-refractivity contribution in [3.8, 4) is 0 Å². The normalized spacial score (nSPS) is 17.8. The van der Waals surface area contributed by atoms with Gasteiger partial charge in [-0.05, 0) is 26.7 Å². The Morgan fingerprint density at radius 2 is 1.78 bits per heavy atom. The number of hydrogen-bond donors (Lipinski definition) is 0. The monoisotopic (exact) mass is 322 g/mol. The van der Waals surface area contributed by atoms with Crippen molar-refractivity contribution in [2.24, 2.45) is 5.41 Å². The third kappa shape index (κ3) is 2.91. The SMILES string of the molecule is CCOC(=O)C(F)=C(CBr)C1(C(=O)OCC)CC1. The fourth-order valence-corrected chi connectivity index (χ4v) is 2.52. The summed E-state index contributed by atoms with van der Waals surface area (Å²) in [6, 6.07) is 0. The lowest BCUT2D eigenvalue weighted by molar-refractivity contribution is -0.148. The molecule has 0 aromatic rings. The first-order valence-electron chi connectivity index (χ1n) is 5.82. The molecule has 1 aliphatic rings. The van der Waals surface area contributed by atoms with E-state index in [9.17, 15) is 14.0 Å². The van der Waals surface area contributed by atoms with Crippen molar-refractivity contribution in [2.45, 2.75) is 26.7 Å². The Kier molecular flexibility index (Phi) is 5.31. The van der Waals surface area contributed by atoms with Gasteiger partial charge in [-0.3, -0.25) is 4.79 Å². The van der Waals surface area contributed by atoms with Gasteiger partial charge in [0.05, 0.1) is 18.6 Å². The second-order valence-electron chi connectivity index (χ2n) is 3.95. The summed E-state index contributed by atoms with van der Waals surface area (Å²) in [5, 5.41) is 0.108.